The highest BCUT2D eigenvalue weighted by atomic mass is 16.5. The van der Waals surface area contributed by atoms with Crippen molar-refractivity contribution >= 4 is 17.7 Å². The summed E-state index contributed by atoms with van der Waals surface area (Å²) in [7, 11) is 0. The Balaban J connectivity index is 1.57. The van der Waals surface area contributed by atoms with Gasteiger partial charge in [0.1, 0.15) is 6.04 Å². The van der Waals surface area contributed by atoms with Crippen LogP contribution in [0.15, 0.2) is 47.1 Å². The Morgan fingerprint density at radius 2 is 1.80 bits per heavy atom. The van der Waals surface area contributed by atoms with E-state index >= 15 is 0 Å². The summed E-state index contributed by atoms with van der Waals surface area (Å²) in [6, 6.07) is 10.2. The van der Waals surface area contributed by atoms with Gasteiger partial charge in [-0.2, -0.15) is 0 Å². The average molecular weight is 482 g/mol. The normalized spacial score (nSPS) is 19.2. The number of ether oxygens (including phenoxy) is 1. The van der Waals surface area contributed by atoms with E-state index in [-0.39, 0.29) is 42.8 Å². The van der Waals surface area contributed by atoms with Gasteiger partial charge in [0.2, 0.25) is 11.8 Å². The van der Waals surface area contributed by atoms with E-state index in [4.69, 9.17) is 9.15 Å². The number of benzene rings is 1. The second kappa shape index (κ2) is 12.0. The van der Waals surface area contributed by atoms with Crippen molar-refractivity contribution in [2.75, 3.05) is 19.7 Å². The summed E-state index contributed by atoms with van der Waals surface area (Å²) in [5, 5.41) is 5.83. The van der Waals surface area contributed by atoms with E-state index in [1.54, 1.807) is 11.0 Å². The van der Waals surface area contributed by atoms with Crippen LogP contribution in [-0.2, 0) is 14.3 Å². The van der Waals surface area contributed by atoms with E-state index < -0.39 is 11.9 Å². The Bertz CT molecular complexity index is 977. The fourth-order valence-electron chi connectivity index (χ4n) is 4.86. The number of hydrogen-bond donors (Lipinski definition) is 2. The fourth-order valence-corrected chi connectivity index (χ4v) is 4.86. The summed E-state index contributed by atoms with van der Waals surface area (Å²) in [6.45, 7) is 2.67. The number of carbonyl (C=O) groups excluding carboxylic acids is 3. The molecule has 4 rings (SSSR count). The molecule has 1 aromatic carbocycles. The second-order valence-electron chi connectivity index (χ2n) is 9.50. The van der Waals surface area contributed by atoms with Gasteiger partial charge < -0.3 is 24.7 Å². The predicted octanol–water partition coefficient (Wildman–Crippen LogP) is 3.52. The molecule has 0 spiro atoms. The maximum atomic E-state index is 13.7. The second-order valence-corrected chi connectivity index (χ2v) is 9.50. The third kappa shape index (κ3) is 6.72. The van der Waals surface area contributed by atoms with Crippen LogP contribution in [0.2, 0.25) is 0 Å². The predicted molar refractivity (Wildman–Crippen MR) is 131 cm³/mol. The highest BCUT2D eigenvalue weighted by Gasteiger charge is 2.35. The van der Waals surface area contributed by atoms with Crippen LogP contribution in [0.4, 0.5) is 0 Å². The minimum atomic E-state index is -0.810. The summed E-state index contributed by atoms with van der Waals surface area (Å²) < 4.78 is 11.0. The number of rotatable bonds is 9. The summed E-state index contributed by atoms with van der Waals surface area (Å²) in [6.07, 6.45) is 8.29. The molecule has 8 heteroatoms. The van der Waals surface area contributed by atoms with Crippen LogP contribution in [0.3, 0.4) is 0 Å². The first kappa shape index (κ1) is 25.0. The van der Waals surface area contributed by atoms with Gasteiger partial charge in [-0.15, -0.1) is 0 Å². The molecule has 0 unspecified atom stereocenters. The quantitative estimate of drug-likeness (QED) is 0.571. The number of nitrogens with one attached hydrogen (secondary N) is 2. The van der Waals surface area contributed by atoms with E-state index in [9.17, 15) is 14.4 Å². The zero-order valence-electron chi connectivity index (χ0n) is 20.3. The lowest BCUT2D eigenvalue weighted by Gasteiger charge is -2.34. The number of furan rings is 1. The van der Waals surface area contributed by atoms with Gasteiger partial charge in [0, 0.05) is 19.2 Å². The largest absolute Gasteiger partial charge is 0.459 e. The van der Waals surface area contributed by atoms with Crippen molar-refractivity contribution in [2.24, 2.45) is 0 Å². The Labute approximate surface area is 206 Å². The molecular weight excluding hydrogens is 446 g/mol. The molecule has 3 amide bonds. The van der Waals surface area contributed by atoms with Crippen molar-refractivity contribution in [1.29, 1.82) is 0 Å². The molecule has 1 saturated heterocycles. The number of aryl methyl sites for hydroxylation is 1. The Morgan fingerprint density at radius 3 is 2.46 bits per heavy atom. The van der Waals surface area contributed by atoms with E-state index in [1.165, 1.54) is 18.8 Å². The SMILES string of the molecule is Cc1ccc([C@@H](C(=O)NC2CCCCC2)N(C[C@@H]2CCCO2)C(=O)CNC(=O)c2ccco2)cc1. The van der Waals surface area contributed by atoms with Crippen LogP contribution < -0.4 is 10.6 Å². The number of amides is 3. The zero-order chi connectivity index (χ0) is 24.6. The molecule has 2 fully saturated rings. The van der Waals surface area contributed by atoms with Crippen LogP contribution in [-0.4, -0.2) is 54.5 Å². The van der Waals surface area contributed by atoms with Crippen LogP contribution in [0.5, 0.6) is 0 Å². The van der Waals surface area contributed by atoms with Gasteiger partial charge in [-0.3, -0.25) is 14.4 Å². The molecule has 1 aliphatic carbocycles. The molecule has 1 aromatic heterocycles. The first-order valence-corrected chi connectivity index (χ1v) is 12.6. The van der Waals surface area contributed by atoms with Crippen LogP contribution in [0.1, 0.15) is 72.7 Å². The van der Waals surface area contributed by atoms with Crippen molar-refractivity contribution in [2.45, 2.75) is 70.1 Å². The van der Waals surface area contributed by atoms with Gasteiger partial charge in [0.15, 0.2) is 5.76 Å². The summed E-state index contributed by atoms with van der Waals surface area (Å²) >= 11 is 0. The molecule has 2 N–H and O–H groups in total. The minimum Gasteiger partial charge on any atom is -0.459 e. The molecule has 1 aliphatic heterocycles. The molecule has 8 nitrogen and oxygen atoms in total. The number of carbonyl (C=O) groups is 3. The summed E-state index contributed by atoms with van der Waals surface area (Å²) in [4.78, 5) is 41.2. The number of nitrogens with zero attached hydrogens (tertiary/aromatic N) is 1. The lowest BCUT2D eigenvalue weighted by Crippen LogP contribution is -2.51. The van der Waals surface area contributed by atoms with Crippen molar-refractivity contribution in [1.82, 2.24) is 15.5 Å². The van der Waals surface area contributed by atoms with E-state index in [0.29, 0.717) is 6.61 Å². The van der Waals surface area contributed by atoms with Crippen molar-refractivity contribution < 1.29 is 23.5 Å². The van der Waals surface area contributed by atoms with Gasteiger partial charge >= 0.3 is 0 Å². The minimum absolute atomic E-state index is 0.113. The van der Waals surface area contributed by atoms with Crippen LogP contribution >= 0.6 is 0 Å². The molecule has 2 atom stereocenters. The molecule has 2 aromatic rings. The Morgan fingerprint density at radius 1 is 1.03 bits per heavy atom. The van der Waals surface area contributed by atoms with Crippen LogP contribution in [0.25, 0.3) is 0 Å². The number of hydrogen-bond acceptors (Lipinski definition) is 5. The molecule has 1 saturated carbocycles. The molecule has 2 heterocycles. The van der Waals surface area contributed by atoms with Crippen molar-refractivity contribution in [3.05, 3.63) is 59.5 Å². The van der Waals surface area contributed by atoms with Crippen molar-refractivity contribution in [3.8, 4) is 0 Å². The van der Waals surface area contributed by atoms with Gasteiger partial charge in [-0.25, -0.2) is 0 Å². The standard InChI is InChI=1S/C27H35N3O5/c1-19-11-13-20(14-12-19)25(27(33)29-21-7-3-2-4-8-21)30(18-22-9-5-15-34-22)24(31)17-28-26(32)23-10-6-16-35-23/h6,10-14,16,21-22,25H,2-5,7-9,15,17-18H2,1H3,(H,28,32)(H,29,33)/t22-,25-/m0/s1. The third-order valence-electron chi connectivity index (χ3n) is 6.79. The highest BCUT2D eigenvalue weighted by Crippen LogP contribution is 2.26. The fraction of sp³-hybridized carbons (Fsp3) is 0.519. The van der Waals surface area contributed by atoms with Gasteiger partial charge in [0.05, 0.1) is 18.9 Å². The maximum absolute atomic E-state index is 13.7. The van der Waals surface area contributed by atoms with Crippen LogP contribution in [0, 0.1) is 6.92 Å². The molecule has 35 heavy (non-hydrogen) atoms. The lowest BCUT2D eigenvalue weighted by molar-refractivity contribution is -0.142. The molecule has 0 bridgehead atoms. The molecule has 0 radical (unpaired) electrons. The third-order valence-corrected chi connectivity index (χ3v) is 6.79. The Kier molecular flexibility index (Phi) is 8.58. The average Bonchev–Trinajstić information content (AvgIpc) is 3.58. The van der Waals surface area contributed by atoms with Gasteiger partial charge in [-0.1, -0.05) is 49.1 Å². The first-order chi connectivity index (χ1) is 17.0. The van der Waals surface area contributed by atoms with Gasteiger partial charge in [0.25, 0.3) is 5.91 Å². The lowest BCUT2D eigenvalue weighted by atomic mass is 9.94. The molecular formula is C27H35N3O5. The Hall–Kier alpha value is -3.13. The van der Waals surface area contributed by atoms with Crippen molar-refractivity contribution in [3.63, 3.8) is 0 Å². The van der Waals surface area contributed by atoms with E-state index in [1.807, 2.05) is 31.2 Å². The first-order valence-electron chi connectivity index (χ1n) is 12.6. The van der Waals surface area contributed by atoms with E-state index in [2.05, 4.69) is 10.6 Å². The van der Waals surface area contributed by atoms with Gasteiger partial charge in [-0.05, 0) is 50.3 Å². The summed E-state index contributed by atoms with van der Waals surface area (Å²) in [5.74, 6) is -0.873. The monoisotopic (exact) mass is 481 g/mol. The highest BCUT2D eigenvalue weighted by molar-refractivity contribution is 5.95. The smallest absolute Gasteiger partial charge is 0.287 e. The zero-order valence-corrected chi connectivity index (χ0v) is 20.3. The van der Waals surface area contributed by atoms with E-state index in [0.717, 1.165) is 49.7 Å². The summed E-state index contributed by atoms with van der Waals surface area (Å²) in [5.41, 5.74) is 1.82. The topological polar surface area (TPSA) is 101 Å². The molecule has 2 aliphatic rings. The maximum Gasteiger partial charge on any atom is 0.287 e. The molecule has 188 valence electrons.